The Kier molecular flexibility index (Phi) is 4.27. The normalized spacial score (nSPS) is 11.8. The van der Waals surface area contributed by atoms with E-state index in [2.05, 4.69) is 5.10 Å². The maximum Gasteiger partial charge on any atom is 0.435 e. The number of rotatable bonds is 2. The molecule has 0 aliphatic carbocycles. The van der Waals surface area contributed by atoms with Crippen LogP contribution in [-0.2, 0) is 4.74 Å². The summed E-state index contributed by atoms with van der Waals surface area (Å²) < 4.78 is 8.33. The summed E-state index contributed by atoms with van der Waals surface area (Å²) in [5, 5.41) is 16.6. The van der Waals surface area contributed by atoms with Gasteiger partial charge in [-0.15, -0.1) is 11.3 Å². The molecule has 0 radical (unpaired) electrons. The van der Waals surface area contributed by atoms with Gasteiger partial charge in [0, 0.05) is 10.9 Å². The van der Waals surface area contributed by atoms with Gasteiger partial charge in [-0.25, -0.2) is 14.2 Å². The van der Waals surface area contributed by atoms with Crippen LogP contribution < -0.4 is 0 Å². The number of thiophene rings is 1. The molecule has 29 heavy (non-hydrogen) atoms. The van der Waals surface area contributed by atoms with Crippen LogP contribution in [0.2, 0.25) is 0 Å². The summed E-state index contributed by atoms with van der Waals surface area (Å²) in [6, 6.07) is 8.13. The first-order chi connectivity index (χ1) is 13.7. The average Bonchev–Trinajstić information content (AvgIpc) is 3.31. The highest BCUT2D eigenvalue weighted by atomic mass is 32.1. The van der Waals surface area contributed by atoms with Gasteiger partial charge in [-0.1, -0.05) is 0 Å². The van der Waals surface area contributed by atoms with Crippen LogP contribution in [0.1, 0.15) is 31.1 Å². The SMILES string of the molecule is CC(C)(C)OC(=O)n1nc(-c2cc3cc(C=O)ccc3n2C(=O)O)c2sccc21. The Morgan fingerprint density at radius 2 is 1.93 bits per heavy atom. The highest BCUT2D eigenvalue weighted by Gasteiger charge is 2.26. The van der Waals surface area contributed by atoms with Gasteiger partial charge in [0.25, 0.3) is 0 Å². The molecule has 1 aromatic carbocycles. The number of carbonyl (C=O) groups excluding carboxylic acids is 2. The van der Waals surface area contributed by atoms with Crippen LogP contribution in [0.15, 0.2) is 35.7 Å². The van der Waals surface area contributed by atoms with E-state index in [9.17, 15) is 19.5 Å². The molecule has 9 heteroatoms. The fraction of sp³-hybridized carbons (Fsp3) is 0.200. The molecule has 0 aliphatic heterocycles. The number of benzene rings is 1. The van der Waals surface area contributed by atoms with Crippen LogP contribution in [0.5, 0.6) is 0 Å². The molecule has 8 nitrogen and oxygen atoms in total. The molecular weight excluding hydrogens is 394 g/mol. The van der Waals surface area contributed by atoms with Crippen LogP contribution >= 0.6 is 11.3 Å². The van der Waals surface area contributed by atoms with Gasteiger partial charge in [0.15, 0.2) is 0 Å². The van der Waals surface area contributed by atoms with Gasteiger partial charge in [-0.2, -0.15) is 9.78 Å². The molecule has 0 aliphatic rings. The number of aromatic nitrogens is 3. The average molecular weight is 411 g/mol. The van der Waals surface area contributed by atoms with Crippen molar-refractivity contribution in [1.82, 2.24) is 14.3 Å². The third kappa shape index (κ3) is 3.19. The summed E-state index contributed by atoms with van der Waals surface area (Å²) in [6.07, 6.45) is -1.13. The second-order valence-electron chi connectivity index (χ2n) is 7.46. The first kappa shape index (κ1) is 18.9. The van der Waals surface area contributed by atoms with Crippen molar-refractivity contribution in [2.75, 3.05) is 0 Å². The number of hydrogen-bond acceptors (Lipinski definition) is 6. The van der Waals surface area contributed by atoms with E-state index in [4.69, 9.17) is 4.74 Å². The van der Waals surface area contributed by atoms with Gasteiger partial charge < -0.3 is 9.84 Å². The van der Waals surface area contributed by atoms with E-state index >= 15 is 0 Å². The van der Waals surface area contributed by atoms with Gasteiger partial charge >= 0.3 is 12.2 Å². The highest BCUT2D eigenvalue weighted by Crippen LogP contribution is 2.35. The maximum absolute atomic E-state index is 12.6. The Balaban J connectivity index is 1.96. The van der Waals surface area contributed by atoms with Gasteiger partial charge in [-0.3, -0.25) is 4.79 Å². The molecule has 0 amide bonds. The van der Waals surface area contributed by atoms with Crippen LogP contribution in [0.4, 0.5) is 9.59 Å². The van der Waals surface area contributed by atoms with E-state index < -0.39 is 17.8 Å². The summed E-state index contributed by atoms with van der Waals surface area (Å²) >= 11 is 1.35. The largest absolute Gasteiger partial charge is 0.464 e. The molecule has 4 rings (SSSR count). The van der Waals surface area contributed by atoms with Crippen molar-refractivity contribution in [3.05, 3.63) is 41.3 Å². The molecule has 3 aromatic heterocycles. The monoisotopic (exact) mass is 411 g/mol. The van der Waals surface area contributed by atoms with Gasteiger partial charge in [0.2, 0.25) is 0 Å². The van der Waals surface area contributed by atoms with Gasteiger partial charge in [0.05, 0.1) is 21.4 Å². The lowest BCUT2D eigenvalue weighted by atomic mass is 10.2. The van der Waals surface area contributed by atoms with Crippen molar-refractivity contribution in [1.29, 1.82) is 0 Å². The molecule has 0 unspecified atom stereocenters. The van der Waals surface area contributed by atoms with E-state index in [-0.39, 0.29) is 0 Å². The summed E-state index contributed by atoms with van der Waals surface area (Å²) in [7, 11) is 0. The number of aldehydes is 1. The number of carbonyl (C=O) groups is 3. The standard InChI is InChI=1S/C20H17N3O5S/c1-20(2,3)28-19(27)23-14-6-7-29-17(14)16(21-23)15-9-12-8-11(10-24)4-5-13(12)22(15)18(25)26/h4-10H,1-3H3,(H,25,26). The predicted octanol–water partition coefficient (Wildman–Crippen LogP) is 4.84. The van der Waals surface area contributed by atoms with E-state index in [0.717, 1.165) is 9.25 Å². The summed E-state index contributed by atoms with van der Waals surface area (Å²) in [4.78, 5) is 35.7. The lowest BCUT2D eigenvalue weighted by molar-refractivity contribution is 0.0523. The Morgan fingerprint density at radius 3 is 2.59 bits per heavy atom. The Morgan fingerprint density at radius 1 is 1.17 bits per heavy atom. The van der Waals surface area contributed by atoms with E-state index in [1.807, 2.05) is 0 Å². The van der Waals surface area contributed by atoms with Crippen LogP contribution in [-0.4, -0.2) is 43.5 Å². The maximum atomic E-state index is 12.6. The van der Waals surface area contributed by atoms with Crippen LogP contribution in [0, 0.1) is 0 Å². The molecule has 4 aromatic rings. The lowest BCUT2D eigenvalue weighted by Crippen LogP contribution is -2.27. The van der Waals surface area contributed by atoms with E-state index in [1.54, 1.807) is 56.5 Å². The fourth-order valence-corrected chi connectivity index (χ4v) is 4.01. The zero-order valence-corrected chi connectivity index (χ0v) is 16.7. The molecule has 0 bridgehead atoms. The Hall–Kier alpha value is -3.46. The smallest absolute Gasteiger partial charge is 0.435 e. The molecule has 0 saturated carbocycles. The molecule has 1 N–H and O–H groups in total. The minimum Gasteiger partial charge on any atom is -0.464 e. The molecule has 0 fully saturated rings. The topological polar surface area (TPSA) is 103 Å². The third-order valence-corrected chi connectivity index (χ3v) is 5.16. The Bertz CT molecular complexity index is 1290. The fourth-order valence-electron chi connectivity index (χ4n) is 3.15. The van der Waals surface area contributed by atoms with E-state index in [1.165, 1.54) is 11.3 Å². The van der Waals surface area contributed by atoms with Crippen molar-refractivity contribution in [2.24, 2.45) is 0 Å². The highest BCUT2D eigenvalue weighted by molar-refractivity contribution is 7.17. The first-order valence-corrected chi connectivity index (χ1v) is 9.61. The molecule has 148 valence electrons. The number of ether oxygens (including phenoxy) is 1. The molecule has 0 atom stereocenters. The molecule has 0 saturated heterocycles. The third-order valence-electron chi connectivity index (χ3n) is 4.25. The molecule has 3 heterocycles. The van der Waals surface area contributed by atoms with Crippen LogP contribution in [0.25, 0.3) is 32.5 Å². The van der Waals surface area contributed by atoms with Gasteiger partial charge in [-0.05, 0) is 56.5 Å². The molecular formula is C20H17N3O5S. The summed E-state index contributed by atoms with van der Waals surface area (Å²) in [5.41, 5.74) is 1.36. The zero-order valence-electron chi connectivity index (χ0n) is 15.9. The minimum atomic E-state index is -1.19. The van der Waals surface area contributed by atoms with Crippen molar-refractivity contribution in [3.8, 4) is 11.4 Å². The number of nitrogens with zero attached hydrogens (tertiary/aromatic N) is 3. The molecule has 0 spiro atoms. The number of fused-ring (bicyclic) bond motifs is 2. The quantitative estimate of drug-likeness (QED) is 0.473. The summed E-state index contributed by atoms with van der Waals surface area (Å²) in [6.45, 7) is 5.27. The van der Waals surface area contributed by atoms with Gasteiger partial charge in [0.1, 0.15) is 17.6 Å². The Labute approximate surface area is 168 Å². The van der Waals surface area contributed by atoms with Crippen molar-refractivity contribution >= 4 is 50.9 Å². The number of carboxylic acid groups (broad SMARTS) is 1. The zero-order chi connectivity index (χ0) is 20.9. The van der Waals surface area contributed by atoms with Crippen molar-refractivity contribution in [2.45, 2.75) is 26.4 Å². The van der Waals surface area contributed by atoms with E-state index in [0.29, 0.717) is 44.4 Å². The number of hydrogen-bond donors (Lipinski definition) is 1. The first-order valence-electron chi connectivity index (χ1n) is 8.73. The van der Waals surface area contributed by atoms with Crippen molar-refractivity contribution in [3.63, 3.8) is 0 Å². The summed E-state index contributed by atoms with van der Waals surface area (Å²) in [5.74, 6) is 0. The van der Waals surface area contributed by atoms with Crippen molar-refractivity contribution < 1.29 is 24.2 Å². The van der Waals surface area contributed by atoms with Crippen LogP contribution in [0.3, 0.4) is 0 Å². The minimum absolute atomic E-state index is 0.310. The predicted molar refractivity (Wildman–Crippen MR) is 109 cm³/mol. The lowest BCUT2D eigenvalue weighted by Gasteiger charge is -2.19. The second-order valence-corrected chi connectivity index (χ2v) is 8.38. The second kappa shape index (κ2) is 6.56.